The first-order chi connectivity index (χ1) is 16.3. The Balaban J connectivity index is 1.40. The summed E-state index contributed by atoms with van der Waals surface area (Å²) < 4.78 is 0. The normalized spacial score (nSPS) is 19.2. The second-order valence-electron chi connectivity index (χ2n) is 10.3. The first-order valence-electron chi connectivity index (χ1n) is 12.2. The van der Waals surface area contributed by atoms with E-state index in [2.05, 4.69) is 30.7 Å². The van der Waals surface area contributed by atoms with Crippen molar-refractivity contribution < 1.29 is 9.59 Å². The largest absolute Gasteiger partial charge is 0.278 e. The zero-order valence-corrected chi connectivity index (χ0v) is 21.7. The number of amides is 2. The van der Waals surface area contributed by atoms with E-state index in [9.17, 15) is 9.59 Å². The molecule has 178 valence electrons. The van der Waals surface area contributed by atoms with Gasteiger partial charge in [0, 0.05) is 22.4 Å². The fourth-order valence-electron chi connectivity index (χ4n) is 4.87. The van der Waals surface area contributed by atoms with Crippen LogP contribution in [0.4, 0.5) is 0 Å². The number of hydrogen-bond donors (Lipinski definition) is 0. The smallest absolute Gasteiger partial charge is 0.260 e. The third-order valence-electron chi connectivity index (χ3n) is 6.85. The Morgan fingerprint density at radius 3 is 2.59 bits per heavy atom. The van der Waals surface area contributed by atoms with E-state index in [1.807, 2.05) is 24.3 Å². The molecule has 1 fully saturated rings. The van der Waals surface area contributed by atoms with Gasteiger partial charge in [-0.2, -0.15) is 0 Å². The van der Waals surface area contributed by atoms with Gasteiger partial charge in [-0.25, -0.2) is 9.97 Å². The van der Waals surface area contributed by atoms with Crippen LogP contribution in [0.3, 0.4) is 0 Å². The molecule has 2 aromatic heterocycles. The molecule has 1 aliphatic carbocycles. The van der Waals surface area contributed by atoms with Gasteiger partial charge in [0.05, 0.1) is 5.25 Å². The summed E-state index contributed by atoms with van der Waals surface area (Å²) in [5, 5.41) is 1.73. The number of carbonyl (C=O) groups excluding carboxylic acids is 2. The molecular weight excluding hydrogens is 462 g/mol. The summed E-state index contributed by atoms with van der Waals surface area (Å²) >= 11 is 3.30. The lowest BCUT2D eigenvalue weighted by Gasteiger charge is -2.23. The molecule has 0 spiro atoms. The van der Waals surface area contributed by atoms with E-state index in [1.54, 1.807) is 17.7 Å². The van der Waals surface area contributed by atoms with Crippen molar-refractivity contribution in [3.8, 4) is 0 Å². The van der Waals surface area contributed by atoms with Crippen LogP contribution in [-0.4, -0.2) is 38.5 Å². The predicted molar refractivity (Wildman–Crippen MR) is 139 cm³/mol. The van der Waals surface area contributed by atoms with Crippen LogP contribution in [-0.2, 0) is 23.1 Å². The minimum Gasteiger partial charge on any atom is -0.278 e. The summed E-state index contributed by atoms with van der Waals surface area (Å²) in [5.74, 6) is -0.290. The van der Waals surface area contributed by atoms with E-state index >= 15 is 0 Å². The van der Waals surface area contributed by atoms with Crippen molar-refractivity contribution in [3.63, 3.8) is 0 Å². The number of nitrogens with zero attached hydrogens (tertiary/aromatic N) is 3. The lowest BCUT2D eigenvalue weighted by atomic mass is 9.86. The molecule has 1 aromatic carbocycles. The van der Waals surface area contributed by atoms with E-state index in [0.717, 1.165) is 47.3 Å². The summed E-state index contributed by atoms with van der Waals surface area (Å²) in [7, 11) is 0. The molecule has 0 unspecified atom stereocenters. The van der Waals surface area contributed by atoms with Crippen molar-refractivity contribution in [1.82, 2.24) is 14.9 Å². The zero-order chi connectivity index (χ0) is 23.9. The maximum atomic E-state index is 13.6. The second-order valence-corrected chi connectivity index (χ2v) is 12.6. The van der Waals surface area contributed by atoms with Gasteiger partial charge in [0.2, 0.25) is 5.91 Å². The SMILES string of the molecule is CC(C)(C)c1ccc(C(=O)N2CCCC[C@@H](Sc3ncnc4sc5c(c34)CCCC5)C2=O)cc1. The number of rotatable bonds is 3. The van der Waals surface area contributed by atoms with Crippen molar-refractivity contribution in [2.75, 3.05) is 6.54 Å². The second kappa shape index (κ2) is 9.42. The summed E-state index contributed by atoms with van der Waals surface area (Å²) in [6.45, 7) is 6.93. The molecule has 5 nitrogen and oxygen atoms in total. The number of benzene rings is 1. The van der Waals surface area contributed by atoms with Crippen molar-refractivity contribution in [3.05, 3.63) is 52.2 Å². The summed E-state index contributed by atoms with van der Waals surface area (Å²) in [4.78, 5) is 40.0. The Kier molecular flexibility index (Phi) is 6.51. The number of aryl methyl sites for hydroxylation is 2. The van der Waals surface area contributed by atoms with Crippen molar-refractivity contribution in [2.45, 2.75) is 81.4 Å². The lowest BCUT2D eigenvalue weighted by molar-refractivity contribution is -0.127. The first kappa shape index (κ1) is 23.5. The fraction of sp³-hybridized carbons (Fsp3) is 0.481. The van der Waals surface area contributed by atoms with E-state index < -0.39 is 0 Å². The molecule has 1 atom stereocenters. The van der Waals surface area contributed by atoms with Crippen LogP contribution in [0.1, 0.15) is 79.2 Å². The van der Waals surface area contributed by atoms with Gasteiger partial charge in [-0.1, -0.05) is 51.1 Å². The molecule has 0 bridgehead atoms. The number of aromatic nitrogens is 2. The Labute approximate surface area is 209 Å². The van der Waals surface area contributed by atoms with Crippen molar-refractivity contribution in [1.29, 1.82) is 0 Å². The highest BCUT2D eigenvalue weighted by Crippen LogP contribution is 2.41. The molecule has 1 saturated heterocycles. The van der Waals surface area contributed by atoms with Crippen LogP contribution in [0, 0.1) is 0 Å². The molecule has 7 heteroatoms. The predicted octanol–water partition coefficient (Wildman–Crippen LogP) is 6.18. The Morgan fingerprint density at radius 2 is 1.82 bits per heavy atom. The Morgan fingerprint density at radius 1 is 1.06 bits per heavy atom. The number of thiophene rings is 1. The summed E-state index contributed by atoms with van der Waals surface area (Å²) in [6.07, 6.45) is 8.72. The standard InChI is InChI=1S/C27H31N3O2S2/c1-27(2,3)18-13-11-17(12-14-18)25(31)30-15-7-6-10-21(26(30)32)34-24-22-19-8-4-5-9-20(19)33-23(22)28-16-29-24/h11-14,16,21H,4-10,15H2,1-3H3/t21-/m1/s1. The number of imide groups is 1. The van der Waals surface area contributed by atoms with Gasteiger partial charge >= 0.3 is 0 Å². The van der Waals surface area contributed by atoms with Crippen LogP contribution in [0.25, 0.3) is 10.2 Å². The average molecular weight is 494 g/mol. The maximum Gasteiger partial charge on any atom is 0.260 e. The highest BCUT2D eigenvalue weighted by Gasteiger charge is 2.33. The monoisotopic (exact) mass is 493 g/mol. The van der Waals surface area contributed by atoms with Crippen molar-refractivity contribution in [2.24, 2.45) is 0 Å². The average Bonchev–Trinajstić information content (AvgIpc) is 3.12. The van der Waals surface area contributed by atoms with E-state index in [-0.39, 0.29) is 22.5 Å². The first-order valence-corrected chi connectivity index (χ1v) is 13.9. The molecule has 2 aliphatic rings. The molecule has 3 aromatic rings. The Bertz CT molecular complexity index is 1230. The molecule has 3 heterocycles. The summed E-state index contributed by atoms with van der Waals surface area (Å²) in [5.41, 5.74) is 3.14. The molecule has 2 amide bonds. The number of hydrogen-bond acceptors (Lipinski definition) is 6. The van der Waals surface area contributed by atoms with Crippen LogP contribution in [0.2, 0.25) is 0 Å². The molecule has 34 heavy (non-hydrogen) atoms. The molecule has 0 radical (unpaired) electrons. The lowest BCUT2D eigenvalue weighted by Crippen LogP contribution is -2.41. The van der Waals surface area contributed by atoms with Gasteiger partial charge in [-0.05, 0) is 67.2 Å². The minimum absolute atomic E-state index is 0.0193. The molecule has 1 aliphatic heterocycles. The molecule has 5 rings (SSSR count). The third kappa shape index (κ3) is 4.52. The van der Waals surface area contributed by atoms with Crippen LogP contribution in [0.15, 0.2) is 35.6 Å². The number of likely N-dealkylation sites (tertiary alicyclic amines) is 1. The van der Waals surface area contributed by atoms with Gasteiger partial charge in [0.25, 0.3) is 5.91 Å². The quantitative estimate of drug-likeness (QED) is 0.322. The number of thioether (sulfide) groups is 1. The molecule has 0 saturated carbocycles. The minimum atomic E-state index is -0.308. The van der Waals surface area contributed by atoms with Gasteiger partial charge in [-0.15, -0.1) is 11.3 Å². The number of carbonyl (C=O) groups is 2. The van der Waals surface area contributed by atoms with Gasteiger partial charge in [0.1, 0.15) is 16.2 Å². The topological polar surface area (TPSA) is 63.2 Å². The Hall–Kier alpha value is -2.25. The highest BCUT2D eigenvalue weighted by molar-refractivity contribution is 8.00. The van der Waals surface area contributed by atoms with Crippen molar-refractivity contribution >= 4 is 45.1 Å². The van der Waals surface area contributed by atoms with Crippen LogP contribution >= 0.6 is 23.1 Å². The third-order valence-corrected chi connectivity index (χ3v) is 9.31. The number of fused-ring (bicyclic) bond motifs is 3. The zero-order valence-electron chi connectivity index (χ0n) is 20.1. The fourth-order valence-corrected chi connectivity index (χ4v) is 7.39. The maximum absolute atomic E-state index is 13.6. The van der Waals surface area contributed by atoms with E-state index in [0.29, 0.717) is 12.1 Å². The molecular formula is C27H31N3O2S2. The van der Waals surface area contributed by atoms with Gasteiger partial charge in [-0.3, -0.25) is 14.5 Å². The van der Waals surface area contributed by atoms with Gasteiger partial charge in [0.15, 0.2) is 0 Å². The van der Waals surface area contributed by atoms with E-state index in [1.165, 1.54) is 45.5 Å². The molecule has 0 N–H and O–H groups in total. The summed E-state index contributed by atoms with van der Waals surface area (Å²) in [6, 6.07) is 7.71. The van der Waals surface area contributed by atoms with Gasteiger partial charge < -0.3 is 0 Å². The van der Waals surface area contributed by atoms with Crippen LogP contribution < -0.4 is 0 Å². The highest BCUT2D eigenvalue weighted by atomic mass is 32.2. The van der Waals surface area contributed by atoms with Crippen LogP contribution in [0.5, 0.6) is 0 Å². The van der Waals surface area contributed by atoms with E-state index in [4.69, 9.17) is 0 Å².